The van der Waals surface area contributed by atoms with Crippen molar-refractivity contribution in [1.29, 1.82) is 0 Å². The fourth-order valence-corrected chi connectivity index (χ4v) is 2.84. The van der Waals surface area contributed by atoms with Crippen LogP contribution in [-0.2, 0) is 11.8 Å². The van der Waals surface area contributed by atoms with Crippen molar-refractivity contribution in [3.05, 3.63) is 6.20 Å². The van der Waals surface area contributed by atoms with Crippen LogP contribution in [0.15, 0.2) is 6.20 Å². The van der Waals surface area contributed by atoms with Crippen molar-refractivity contribution >= 4 is 11.8 Å². The maximum Gasteiger partial charge on any atom is 0.320 e. The predicted octanol–water partition coefficient (Wildman–Crippen LogP) is -0.200. The van der Waals surface area contributed by atoms with Gasteiger partial charge in [-0.1, -0.05) is 5.21 Å². The first-order chi connectivity index (χ1) is 9.72. The van der Waals surface area contributed by atoms with Gasteiger partial charge in [-0.3, -0.25) is 14.9 Å². The fourth-order valence-electron chi connectivity index (χ4n) is 2.84. The van der Waals surface area contributed by atoms with Crippen molar-refractivity contribution in [3.63, 3.8) is 0 Å². The van der Waals surface area contributed by atoms with Crippen LogP contribution in [0.5, 0.6) is 0 Å². The molecular formula is C12H20N6O2. The molecule has 2 aliphatic heterocycles. The van der Waals surface area contributed by atoms with E-state index in [-0.39, 0.29) is 18.1 Å². The Kier molecular flexibility index (Phi) is 3.83. The van der Waals surface area contributed by atoms with Crippen molar-refractivity contribution in [3.8, 4) is 0 Å². The number of hydrogen-bond donors (Lipinski definition) is 2. The van der Waals surface area contributed by atoms with Crippen molar-refractivity contribution in [1.82, 2.24) is 25.2 Å². The van der Waals surface area contributed by atoms with Crippen LogP contribution in [0.3, 0.4) is 0 Å². The molecule has 2 amide bonds. The Labute approximate surface area is 117 Å². The Morgan fingerprint density at radius 2 is 2.20 bits per heavy atom. The number of aromatic nitrogens is 3. The van der Waals surface area contributed by atoms with Crippen LogP contribution < -0.4 is 10.6 Å². The summed E-state index contributed by atoms with van der Waals surface area (Å²) < 4.78 is 7.06. The molecule has 0 spiro atoms. The molecule has 8 nitrogen and oxygen atoms in total. The van der Waals surface area contributed by atoms with E-state index in [2.05, 4.69) is 25.8 Å². The number of rotatable bonds is 3. The van der Waals surface area contributed by atoms with Gasteiger partial charge in [0.2, 0.25) is 0 Å². The Morgan fingerprint density at radius 3 is 2.90 bits per heavy atom. The van der Waals surface area contributed by atoms with E-state index < -0.39 is 0 Å². The second kappa shape index (κ2) is 5.76. The topological polar surface area (TPSA) is 84.3 Å². The Bertz CT molecular complexity index is 470. The highest BCUT2D eigenvalue weighted by atomic mass is 16.5. The third-order valence-corrected chi connectivity index (χ3v) is 3.82. The first kappa shape index (κ1) is 13.3. The third kappa shape index (κ3) is 2.91. The van der Waals surface area contributed by atoms with Gasteiger partial charge in [-0.2, -0.15) is 0 Å². The normalized spacial score (nSPS) is 26.9. The van der Waals surface area contributed by atoms with Gasteiger partial charge in [0.05, 0.1) is 31.5 Å². The lowest BCUT2D eigenvalue weighted by atomic mass is 10.1. The fraction of sp³-hybridized carbons (Fsp3) is 0.750. The van der Waals surface area contributed by atoms with Crippen LogP contribution in [0.1, 0.15) is 12.8 Å². The van der Waals surface area contributed by atoms with Gasteiger partial charge in [-0.25, -0.2) is 4.79 Å². The van der Waals surface area contributed by atoms with Gasteiger partial charge in [0.15, 0.2) is 5.82 Å². The summed E-state index contributed by atoms with van der Waals surface area (Å²) in [5, 5.41) is 13.2. The molecule has 3 rings (SSSR count). The summed E-state index contributed by atoms with van der Waals surface area (Å²) in [6.45, 7) is 3.45. The number of likely N-dealkylation sites (tertiary alicyclic amines) is 1. The van der Waals surface area contributed by atoms with Crippen molar-refractivity contribution in [2.24, 2.45) is 7.05 Å². The Hall–Kier alpha value is -1.67. The van der Waals surface area contributed by atoms with Crippen LogP contribution >= 0.6 is 0 Å². The molecule has 2 N–H and O–H groups in total. The standard InChI is InChI=1S/C12H20N6O2/c1-17-6-11(15-16-17)14-12(19)13-9-7-20-8-10(9)18-4-2-3-5-18/h6,9-10H,2-5,7-8H2,1H3,(H2,13,14,19)/t9-,10-/m0/s1. The molecule has 2 aliphatic rings. The molecule has 0 unspecified atom stereocenters. The second-order valence-electron chi connectivity index (χ2n) is 5.33. The third-order valence-electron chi connectivity index (χ3n) is 3.82. The highest BCUT2D eigenvalue weighted by Gasteiger charge is 2.35. The number of amides is 2. The molecule has 0 aliphatic carbocycles. The highest BCUT2D eigenvalue weighted by Crippen LogP contribution is 2.19. The number of urea groups is 1. The summed E-state index contributed by atoms with van der Waals surface area (Å²) >= 11 is 0. The molecular weight excluding hydrogens is 260 g/mol. The van der Waals surface area contributed by atoms with E-state index in [9.17, 15) is 4.79 Å². The summed E-state index contributed by atoms with van der Waals surface area (Å²) in [6, 6.07) is 0.0556. The van der Waals surface area contributed by atoms with E-state index in [1.54, 1.807) is 17.9 Å². The monoisotopic (exact) mass is 280 g/mol. The number of hydrogen-bond acceptors (Lipinski definition) is 5. The molecule has 0 radical (unpaired) electrons. The molecule has 3 heterocycles. The summed E-state index contributed by atoms with van der Waals surface area (Å²) in [5.41, 5.74) is 0. The van der Waals surface area contributed by atoms with Gasteiger partial charge >= 0.3 is 6.03 Å². The predicted molar refractivity (Wildman–Crippen MR) is 72.4 cm³/mol. The SMILES string of the molecule is Cn1cc(NC(=O)N[C@H]2COC[C@@H]2N2CCCC2)nn1. The summed E-state index contributed by atoms with van der Waals surface area (Å²) in [7, 11) is 1.75. The zero-order chi connectivity index (χ0) is 13.9. The zero-order valence-corrected chi connectivity index (χ0v) is 11.6. The van der Waals surface area contributed by atoms with Crippen LogP contribution in [-0.4, -0.2) is 64.3 Å². The lowest BCUT2D eigenvalue weighted by molar-refractivity contribution is 0.159. The molecule has 110 valence electrons. The summed E-state index contributed by atoms with van der Waals surface area (Å²) in [5.74, 6) is 0.446. The molecule has 2 atom stereocenters. The number of carbonyl (C=O) groups excluding carboxylic acids is 1. The molecule has 1 aromatic heterocycles. The van der Waals surface area contributed by atoms with Gasteiger partial charge < -0.3 is 10.1 Å². The molecule has 2 fully saturated rings. The maximum absolute atomic E-state index is 12.0. The molecule has 0 saturated carbocycles. The number of ether oxygens (including phenoxy) is 1. The minimum Gasteiger partial charge on any atom is -0.378 e. The minimum absolute atomic E-state index is 0.0322. The second-order valence-corrected chi connectivity index (χ2v) is 5.33. The van der Waals surface area contributed by atoms with E-state index in [0.29, 0.717) is 19.0 Å². The van der Waals surface area contributed by atoms with Crippen molar-refractivity contribution in [2.45, 2.75) is 24.9 Å². The maximum atomic E-state index is 12.0. The Morgan fingerprint density at radius 1 is 1.40 bits per heavy atom. The average Bonchev–Trinajstić information content (AvgIpc) is 3.10. The first-order valence-electron chi connectivity index (χ1n) is 6.98. The van der Waals surface area contributed by atoms with E-state index in [1.165, 1.54) is 12.8 Å². The largest absolute Gasteiger partial charge is 0.378 e. The van der Waals surface area contributed by atoms with E-state index in [4.69, 9.17) is 4.74 Å². The van der Waals surface area contributed by atoms with Crippen LogP contribution in [0.25, 0.3) is 0 Å². The minimum atomic E-state index is -0.259. The van der Waals surface area contributed by atoms with Crippen molar-refractivity contribution < 1.29 is 9.53 Å². The summed E-state index contributed by atoms with van der Waals surface area (Å²) in [4.78, 5) is 14.4. The van der Waals surface area contributed by atoms with Crippen molar-refractivity contribution in [2.75, 3.05) is 31.6 Å². The smallest absolute Gasteiger partial charge is 0.320 e. The van der Waals surface area contributed by atoms with Crippen LogP contribution in [0.4, 0.5) is 10.6 Å². The molecule has 20 heavy (non-hydrogen) atoms. The van der Waals surface area contributed by atoms with E-state index in [0.717, 1.165) is 13.1 Å². The van der Waals surface area contributed by atoms with E-state index >= 15 is 0 Å². The molecule has 8 heteroatoms. The zero-order valence-electron chi connectivity index (χ0n) is 11.6. The van der Waals surface area contributed by atoms with Gasteiger partial charge in [0, 0.05) is 7.05 Å². The molecule has 0 bridgehead atoms. The number of nitrogens with one attached hydrogen (secondary N) is 2. The van der Waals surface area contributed by atoms with Gasteiger partial charge in [0.25, 0.3) is 0 Å². The summed E-state index contributed by atoms with van der Waals surface area (Å²) in [6.07, 6.45) is 4.12. The lowest BCUT2D eigenvalue weighted by Gasteiger charge is -2.27. The van der Waals surface area contributed by atoms with Crippen LogP contribution in [0, 0.1) is 0 Å². The number of carbonyl (C=O) groups is 1. The van der Waals surface area contributed by atoms with Crippen LogP contribution in [0.2, 0.25) is 0 Å². The highest BCUT2D eigenvalue weighted by molar-refractivity contribution is 5.88. The molecule has 0 aromatic carbocycles. The Balaban J connectivity index is 1.54. The molecule has 1 aromatic rings. The van der Waals surface area contributed by atoms with Gasteiger partial charge in [-0.05, 0) is 25.9 Å². The number of anilines is 1. The van der Waals surface area contributed by atoms with Gasteiger partial charge in [0.1, 0.15) is 0 Å². The van der Waals surface area contributed by atoms with E-state index in [1.807, 2.05) is 0 Å². The average molecular weight is 280 g/mol. The van der Waals surface area contributed by atoms with Gasteiger partial charge in [-0.15, -0.1) is 5.10 Å². The number of nitrogens with zero attached hydrogens (tertiary/aromatic N) is 4. The first-order valence-corrected chi connectivity index (χ1v) is 6.98. The quantitative estimate of drug-likeness (QED) is 0.801. The number of aryl methyl sites for hydroxylation is 1. The molecule has 2 saturated heterocycles. The lowest BCUT2D eigenvalue weighted by Crippen LogP contribution is -2.51.